The fraction of sp³-hybridized carbons (Fsp3) is 0.194. The Hall–Kier alpha value is -4.80. The van der Waals surface area contributed by atoms with E-state index in [1.807, 2.05) is 43.3 Å². The lowest BCUT2D eigenvalue weighted by Crippen LogP contribution is -2.54. The summed E-state index contributed by atoms with van der Waals surface area (Å²) in [5.74, 6) is -0.631. The quantitative estimate of drug-likeness (QED) is 0.303. The Morgan fingerprint density at radius 2 is 1.76 bits per heavy atom. The number of rotatable bonds is 6. The second-order valence-corrected chi connectivity index (χ2v) is 9.80. The number of aromatic amines is 1. The largest absolute Gasteiger partial charge is 0.379 e. The maximum atomic E-state index is 14.5. The molecule has 41 heavy (non-hydrogen) atoms. The van der Waals surface area contributed by atoms with Crippen molar-refractivity contribution in [2.45, 2.75) is 13.8 Å². The van der Waals surface area contributed by atoms with Crippen LogP contribution >= 0.6 is 0 Å². The van der Waals surface area contributed by atoms with Crippen molar-refractivity contribution in [1.29, 1.82) is 0 Å². The molecule has 9 nitrogen and oxygen atoms in total. The summed E-state index contributed by atoms with van der Waals surface area (Å²) in [5.41, 5.74) is 3.43. The second-order valence-electron chi connectivity index (χ2n) is 9.80. The zero-order valence-corrected chi connectivity index (χ0v) is 22.6. The van der Waals surface area contributed by atoms with Gasteiger partial charge in [0.05, 0.1) is 24.9 Å². The number of carbonyl (C=O) groups excluding carboxylic acids is 1. The number of fused-ring (bicyclic) bond motifs is 1. The van der Waals surface area contributed by atoms with Crippen molar-refractivity contribution in [3.63, 3.8) is 0 Å². The molecule has 2 aromatic heterocycles. The van der Waals surface area contributed by atoms with Crippen LogP contribution in [0.5, 0.6) is 5.75 Å². The Morgan fingerprint density at radius 3 is 2.49 bits per heavy atom. The number of H-pyrrole nitrogens is 1. The predicted molar refractivity (Wildman–Crippen MR) is 152 cm³/mol. The Labute approximate surface area is 235 Å². The number of nitrogens with zero attached hydrogens (tertiary/aromatic N) is 4. The standard InChI is InChI=1S/C31H28FN5O4/c1-20-28(22-6-4-3-5-7-22)21(2)36(25-10-8-24(32)9-11-25)30(38)29(20)31(39)37(35-14-16-40-17-15-35)41-26-12-13-27-23(18-26)19-33-34-27/h3-13,18-19H,14-17H2,1-2H3,(H,33,34). The fourth-order valence-corrected chi connectivity index (χ4v) is 5.25. The number of amides is 1. The molecule has 3 aromatic carbocycles. The van der Waals surface area contributed by atoms with E-state index in [-0.39, 0.29) is 5.56 Å². The Bertz CT molecular complexity index is 1780. The number of halogens is 1. The molecule has 0 atom stereocenters. The monoisotopic (exact) mass is 553 g/mol. The summed E-state index contributed by atoms with van der Waals surface area (Å²) < 4.78 is 20.8. The van der Waals surface area contributed by atoms with Gasteiger partial charge in [0.15, 0.2) is 5.75 Å². The van der Waals surface area contributed by atoms with Crippen LogP contribution in [-0.2, 0) is 4.74 Å². The third-order valence-corrected chi connectivity index (χ3v) is 7.25. The maximum Gasteiger partial charge on any atom is 0.309 e. The molecule has 0 saturated carbocycles. The molecule has 6 rings (SSSR count). The number of benzene rings is 3. The van der Waals surface area contributed by atoms with E-state index in [4.69, 9.17) is 9.57 Å². The molecule has 1 amide bonds. The van der Waals surface area contributed by atoms with Gasteiger partial charge in [-0.1, -0.05) is 35.5 Å². The summed E-state index contributed by atoms with van der Waals surface area (Å²) in [6.07, 6.45) is 1.67. The van der Waals surface area contributed by atoms with E-state index < -0.39 is 17.3 Å². The minimum atomic E-state index is -0.616. The van der Waals surface area contributed by atoms with Gasteiger partial charge in [0.25, 0.3) is 5.56 Å². The van der Waals surface area contributed by atoms with Gasteiger partial charge < -0.3 is 9.57 Å². The lowest BCUT2D eigenvalue weighted by Gasteiger charge is -2.36. The summed E-state index contributed by atoms with van der Waals surface area (Å²) in [7, 11) is 0. The van der Waals surface area contributed by atoms with Crippen LogP contribution in [0.4, 0.5) is 4.39 Å². The molecule has 1 N–H and O–H groups in total. The zero-order valence-electron chi connectivity index (χ0n) is 22.6. The average Bonchev–Trinajstić information content (AvgIpc) is 3.46. The lowest BCUT2D eigenvalue weighted by molar-refractivity contribution is -0.201. The molecule has 10 heteroatoms. The molecule has 0 aliphatic carbocycles. The van der Waals surface area contributed by atoms with Crippen molar-refractivity contribution < 1.29 is 18.8 Å². The van der Waals surface area contributed by atoms with Gasteiger partial charge >= 0.3 is 5.91 Å². The van der Waals surface area contributed by atoms with Gasteiger partial charge in [-0.15, -0.1) is 0 Å². The first-order valence-electron chi connectivity index (χ1n) is 13.3. The van der Waals surface area contributed by atoms with Gasteiger partial charge in [-0.2, -0.15) is 10.1 Å². The number of aromatic nitrogens is 3. The number of hydrazine groups is 1. The van der Waals surface area contributed by atoms with Crippen LogP contribution in [0.3, 0.4) is 0 Å². The topological polar surface area (TPSA) is 92.7 Å². The van der Waals surface area contributed by atoms with Crippen LogP contribution < -0.4 is 10.4 Å². The first-order valence-corrected chi connectivity index (χ1v) is 13.3. The van der Waals surface area contributed by atoms with Gasteiger partial charge in [-0.05, 0) is 67.4 Å². The van der Waals surface area contributed by atoms with Crippen LogP contribution in [0.15, 0.2) is 83.8 Å². The third-order valence-electron chi connectivity index (χ3n) is 7.25. The molecular weight excluding hydrogens is 525 g/mol. The molecule has 1 fully saturated rings. The van der Waals surface area contributed by atoms with Gasteiger partial charge in [-0.3, -0.25) is 19.3 Å². The molecule has 0 radical (unpaired) electrons. The van der Waals surface area contributed by atoms with E-state index in [1.165, 1.54) is 28.8 Å². The molecule has 0 bridgehead atoms. The molecule has 1 aliphatic heterocycles. The third kappa shape index (κ3) is 4.99. The molecule has 3 heterocycles. The number of carbonyl (C=O) groups is 1. The highest BCUT2D eigenvalue weighted by Gasteiger charge is 2.33. The molecule has 5 aromatic rings. The summed E-state index contributed by atoms with van der Waals surface area (Å²) in [6.45, 7) is 5.18. The van der Waals surface area contributed by atoms with Crippen molar-refractivity contribution in [2.75, 3.05) is 26.3 Å². The second kappa shape index (κ2) is 11.0. The van der Waals surface area contributed by atoms with Gasteiger partial charge in [0.2, 0.25) is 0 Å². The lowest BCUT2D eigenvalue weighted by atomic mass is 9.95. The number of morpholine rings is 1. The van der Waals surface area contributed by atoms with Crippen LogP contribution in [-0.4, -0.2) is 57.2 Å². The number of nitrogens with one attached hydrogen (secondary N) is 1. The maximum absolute atomic E-state index is 14.5. The van der Waals surface area contributed by atoms with Crippen LogP contribution in [0.25, 0.3) is 27.7 Å². The average molecular weight is 554 g/mol. The van der Waals surface area contributed by atoms with E-state index in [1.54, 1.807) is 30.3 Å². The van der Waals surface area contributed by atoms with E-state index in [0.717, 1.165) is 27.2 Å². The van der Waals surface area contributed by atoms with E-state index in [9.17, 15) is 14.0 Å². The molecule has 1 saturated heterocycles. The Kier molecular flexibility index (Phi) is 7.08. The smallest absolute Gasteiger partial charge is 0.309 e. The minimum absolute atomic E-state index is 0.0466. The molecule has 208 valence electrons. The first kappa shape index (κ1) is 26.4. The summed E-state index contributed by atoms with van der Waals surface area (Å²) in [6, 6.07) is 20.5. The summed E-state index contributed by atoms with van der Waals surface area (Å²) in [5, 5.41) is 10.7. The predicted octanol–water partition coefficient (Wildman–Crippen LogP) is 4.82. The highest BCUT2D eigenvalue weighted by Crippen LogP contribution is 2.30. The normalized spacial score (nSPS) is 13.8. The number of hydroxylamine groups is 1. The zero-order chi connectivity index (χ0) is 28.5. The highest BCUT2D eigenvalue weighted by molar-refractivity contribution is 5.97. The van der Waals surface area contributed by atoms with Crippen molar-refractivity contribution in [2.24, 2.45) is 0 Å². The number of pyridine rings is 1. The van der Waals surface area contributed by atoms with Crippen molar-refractivity contribution >= 4 is 16.8 Å². The number of hydrogen-bond donors (Lipinski definition) is 1. The van der Waals surface area contributed by atoms with Crippen molar-refractivity contribution in [3.8, 4) is 22.6 Å². The van der Waals surface area contributed by atoms with E-state index in [0.29, 0.717) is 49.0 Å². The molecule has 1 aliphatic rings. The van der Waals surface area contributed by atoms with Gasteiger partial charge in [0, 0.05) is 35.4 Å². The Balaban J connectivity index is 1.53. The molecular formula is C31H28FN5O4. The van der Waals surface area contributed by atoms with Crippen LogP contribution in [0.2, 0.25) is 0 Å². The highest BCUT2D eigenvalue weighted by atomic mass is 19.1. The van der Waals surface area contributed by atoms with Crippen molar-refractivity contribution in [3.05, 3.63) is 112 Å². The molecule has 0 unspecified atom stereocenters. The summed E-state index contributed by atoms with van der Waals surface area (Å²) in [4.78, 5) is 34.9. The summed E-state index contributed by atoms with van der Waals surface area (Å²) >= 11 is 0. The van der Waals surface area contributed by atoms with E-state index in [2.05, 4.69) is 10.2 Å². The number of hydrogen-bond acceptors (Lipinski definition) is 6. The van der Waals surface area contributed by atoms with Gasteiger partial charge in [-0.25, -0.2) is 4.39 Å². The molecule has 0 spiro atoms. The fourth-order valence-electron chi connectivity index (χ4n) is 5.25. The number of ether oxygens (including phenoxy) is 1. The van der Waals surface area contributed by atoms with E-state index >= 15 is 0 Å². The first-order chi connectivity index (χ1) is 19.9. The van der Waals surface area contributed by atoms with Crippen LogP contribution in [0.1, 0.15) is 21.6 Å². The van der Waals surface area contributed by atoms with Gasteiger partial charge in [0.1, 0.15) is 11.4 Å². The Morgan fingerprint density at radius 1 is 1.02 bits per heavy atom. The SMILES string of the molecule is Cc1c(-c2ccccc2)c(C)n(-c2ccc(F)cc2)c(=O)c1C(=O)N(Oc1ccc2[nH]ncc2c1)N1CCOCC1. The van der Waals surface area contributed by atoms with Crippen LogP contribution in [0, 0.1) is 19.7 Å². The van der Waals surface area contributed by atoms with Crippen molar-refractivity contribution in [1.82, 2.24) is 24.9 Å². The minimum Gasteiger partial charge on any atom is -0.379 e.